The zero-order valence-corrected chi connectivity index (χ0v) is 22.7. The summed E-state index contributed by atoms with van der Waals surface area (Å²) < 4.78 is 28.3. The van der Waals surface area contributed by atoms with Gasteiger partial charge in [-0.15, -0.1) is 0 Å². The molecule has 0 fully saturated rings. The number of nitrogens with zero attached hydrogens (tertiary/aromatic N) is 2. The van der Waals surface area contributed by atoms with Crippen LogP contribution in [0.1, 0.15) is 49.4 Å². The lowest BCUT2D eigenvalue weighted by Crippen LogP contribution is -2.40. The van der Waals surface area contributed by atoms with Gasteiger partial charge >= 0.3 is 0 Å². The van der Waals surface area contributed by atoms with Crippen LogP contribution in [-0.2, 0) is 20.2 Å². The first kappa shape index (κ1) is 27.1. The van der Waals surface area contributed by atoms with Crippen molar-refractivity contribution in [2.45, 2.75) is 58.3 Å². The van der Waals surface area contributed by atoms with Crippen LogP contribution in [0, 0.1) is 20.8 Å². The first-order chi connectivity index (χ1) is 16.9. The third kappa shape index (κ3) is 6.82. The number of anilines is 1. The number of aryl methyl sites for hydroxylation is 3. The maximum absolute atomic E-state index is 13.6. The summed E-state index contributed by atoms with van der Waals surface area (Å²) in [5, 5.41) is 4.28. The number of rotatable bonds is 9. The van der Waals surface area contributed by atoms with Crippen molar-refractivity contribution in [1.82, 2.24) is 5.43 Å². The number of carbonyl (C=O) groups is 1. The number of hydrogen-bond donors (Lipinski definition) is 1. The standard InChI is InChI=1S/C29H35N3O3S/c1-21-12-14-27(15-13-21)36(34,35)32(26-17-22(2)16-23(3)18-26)20-28(33)31-30-24(4)19-29(5,6)25-10-8-7-9-11-25/h7-18H,19-20H2,1-6H3,(H,31,33)/b30-24-. The third-order valence-corrected chi connectivity index (χ3v) is 7.80. The normalized spacial score (nSPS) is 12.3. The van der Waals surface area contributed by atoms with E-state index in [0.717, 1.165) is 26.7 Å². The fourth-order valence-corrected chi connectivity index (χ4v) is 5.65. The Balaban J connectivity index is 1.83. The lowest BCUT2D eigenvalue weighted by molar-refractivity contribution is -0.119. The predicted octanol–water partition coefficient (Wildman–Crippen LogP) is 5.67. The summed E-state index contributed by atoms with van der Waals surface area (Å²) in [4.78, 5) is 13.1. The molecule has 0 aromatic heterocycles. The summed E-state index contributed by atoms with van der Waals surface area (Å²) >= 11 is 0. The maximum atomic E-state index is 13.6. The van der Waals surface area contributed by atoms with Gasteiger partial charge in [-0.05, 0) is 80.5 Å². The van der Waals surface area contributed by atoms with Crippen molar-refractivity contribution in [2.24, 2.45) is 5.10 Å². The van der Waals surface area contributed by atoms with E-state index in [1.807, 2.05) is 52.0 Å². The van der Waals surface area contributed by atoms with E-state index in [2.05, 4.69) is 36.5 Å². The molecule has 0 aliphatic rings. The Bertz CT molecular complexity index is 1330. The van der Waals surface area contributed by atoms with E-state index in [4.69, 9.17) is 0 Å². The van der Waals surface area contributed by atoms with E-state index >= 15 is 0 Å². The summed E-state index contributed by atoms with van der Waals surface area (Å²) in [5.74, 6) is -0.512. The molecule has 190 valence electrons. The van der Waals surface area contributed by atoms with Crippen LogP contribution in [-0.4, -0.2) is 26.6 Å². The lowest BCUT2D eigenvalue weighted by Gasteiger charge is -2.25. The molecule has 0 radical (unpaired) electrons. The van der Waals surface area contributed by atoms with Gasteiger partial charge in [0.1, 0.15) is 6.54 Å². The van der Waals surface area contributed by atoms with Crippen molar-refractivity contribution in [2.75, 3.05) is 10.8 Å². The van der Waals surface area contributed by atoms with E-state index in [1.54, 1.807) is 36.4 Å². The first-order valence-corrected chi connectivity index (χ1v) is 13.4. The Hall–Kier alpha value is -3.45. The number of hydrazone groups is 1. The third-order valence-electron chi connectivity index (χ3n) is 6.02. The van der Waals surface area contributed by atoms with Crippen molar-refractivity contribution < 1.29 is 13.2 Å². The summed E-state index contributed by atoms with van der Waals surface area (Å²) in [6, 6.07) is 22.2. The number of amides is 1. The quantitative estimate of drug-likeness (QED) is 0.301. The largest absolute Gasteiger partial charge is 0.271 e. The Labute approximate surface area is 215 Å². The molecule has 0 atom stereocenters. The van der Waals surface area contributed by atoms with Gasteiger partial charge in [0.15, 0.2) is 0 Å². The molecule has 1 amide bonds. The number of sulfonamides is 1. The van der Waals surface area contributed by atoms with Crippen LogP contribution < -0.4 is 9.73 Å². The van der Waals surface area contributed by atoms with E-state index in [9.17, 15) is 13.2 Å². The Morgan fingerprint density at radius 3 is 2.06 bits per heavy atom. The molecule has 0 saturated heterocycles. The van der Waals surface area contributed by atoms with Crippen LogP contribution in [0.25, 0.3) is 0 Å². The lowest BCUT2D eigenvalue weighted by atomic mass is 9.80. The second-order valence-corrected chi connectivity index (χ2v) is 11.8. The van der Waals surface area contributed by atoms with E-state index in [1.165, 1.54) is 5.56 Å². The van der Waals surface area contributed by atoms with E-state index in [-0.39, 0.29) is 10.3 Å². The molecule has 3 aromatic rings. The molecule has 0 saturated carbocycles. The van der Waals surface area contributed by atoms with Gasteiger partial charge < -0.3 is 0 Å². The highest BCUT2D eigenvalue weighted by molar-refractivity contribution is 7.92. The van der Waals surface area contributed by atoms with Crippen LogP contribution >= 0.6 is 0 Å². The average Bonchev–Trinajstić information content (AvgIpc) is 2.81. The van der Waals surface area contributed by atoms with Crippen LogP contribution in [0.15, 0.2) is 82.8 Å². The number of benzene rings is 3. The molecule has 36 heavy (non-hydrogen) atoms. The van der Waals surface area contributed by atoms with Gasteiger partial charge in [0.25, 0.3) is 15.9 Å². The van der Waals surface area contributed by atoms with Gasteiger partial charge in [-0.2, -0.15) is 5.10 Å². The van der Waals surface area contributed by atoms with Crippen molar-refractivity contribution in [3.63, 3.8) is 0 Å². The smallest absolute Gasteiger partial charge is 0.264 e. The fraction of sp³-hybridized carbons (Fsp3) is 0.310. The van der Waals surface area contributed by atoms with Crippen LogP contribution in [0.5, 0.6) is 0 Å². The fourth-order valence-electron chi connectivity index (χ4n) is 4.24. The van der Waals surface area contributed by atoms with Crippen molar-refractivity contribution in [3.05, 3.63) is 95.1 Å². The Kier molecular flexibility index (Phi) is 8.35. The highest BCUT2D eigenvalue weighted by Gasteiger charge is 2.28. The number of carbonyl (C=O) groups excluding carboxylic acids is 1. The van der Waals surface area contributed by atoms with Crippen LogP contribution in [0.4, 0.5) is 5.69 Å². The first-order valence-electron chi connectivity index (χ1n) is 11.9. The molecule has 0 aliphatic heterocycles. The Morgan fingerprint density at radius 2 is 1.47 bits per heavy atom. The minimum absolute atomic E-state index is 0.129. The molecule has 1 N–H and O–H groups in total. The second-order valence-electron chi connectivity index (χ2n) is 9.98. The predicted molar refractivity (Wildman–Crippen MR) is 147 cm³/mol. The van der Waals surface area contributed by atoms with Gasteiger partial charge in [0.2, 0.25) is 0 Å². The Morgan fingerprint density at radius 1 is 0.889 bits per heavy atom. The zero-order chi connectivity index (χ0) is 26.5. The monoisotopic (exact) mass is 505 g/mol. The van der Waals surface area contributed by atoms with E-state index < -0.39 is 22.5 Å². The van der Waals surface area contributed by atoms with E-state index in [0.29, 0.717) is 12.1 Å². The number of nitrogens with one attached hydrogen (secondary N) is 1. The van der Waals surface area contributed by atoms with Gasteiger partial charge in [-0.3, -0.25) is 9.10 Å². The molecular weight excluding hydrogens is 470 g/mol. The summed E-state index contributed by atoms with van der Waals surface area (Å²) in [6.45, 7) is 11.4. The van der Waals surface area contributed by atoms with Crippen LogP contribution in [0.3, 0.4) is 0 Å². The highest BCUT2D eigenvalue weighted by atomic mass is 32.2. The summed E-state index contributed by atoms with van der Waals surface area (Å²) in [7, 11) is -3.98. The molecular formula is C29H35N3O3S. The zero-order valence-electron chi connectivity index (χ0n) is 21.9. The molecule has 0 spiro atoms. The summed E-state index contributed by atoms with van der Waals surface area (Å²) in [6.07, 6.45) is 0.639. The number of hydrogen-bond acceptors (Lipinski definition) is 4. The van der Waals surface area contributed by atoms with Crippen molar-refractivity contribution in [3.8, 4) is 0 Å². The highest BCUT2D eigenvalue weighted by Crippen LogP contribution is 2.28. The second kappa shape index (κ2) is 11.1. The van der Waals surface area contributed by atoms with Gasteiger partial charge in [-0.1, -0.05) is 67.9 Å². The SMILES string of the molecule is C/C(CC(C)(C)c1ccccc1)=N/NC(=O)CN(c1cc(C)cc(C)c1)S(=O)(=O)c1ccc(C)cc1. The van der Waals surface area contributed by atoms with Crippen LogP contribution in [0.2, 0.25) is 0 Å². The van der Waals surface area contributed by atoms with Gasteiger partial charge in [0, 0.05) is 5.71 Å². The molecule has 0 unspecified atom stereocenters. The molecule has 6 nitrogen and oxygen atoms in total. The van der Waals surface area contributed by atoms with Gasteiger partial charge in [0.05, 0.1) is 10.6 Å². The van der Waals surface area contributed by atoms with Crippen molar-refractivity contribution >= 4 is 27.3 Å². The molecule has 0 bridgehead atoms. The molecule has 3 rings (SSSR count). The van der Waals surface area contributed by atoms with Gasteiger partial charge in [-0.25, -0.2) is 13.8 Å². The summed E-state index contributed by atoms with van der Waals surface area (Å²) in [5.41, 5.74) is 7.53. The minimum atomic E-state index is -3.98. The average molecular weight is 506 g/mol. The molecule has 3 aromatic carbocycles. The molecule has 0 heterocycles. The maximum Gasteiger partial charge on any atom is 0.264 e. The topological polar surface area (TPSA) is 78.8 Å². The van der Waals surface area contributed by atoms with Crippen molar-refractivity contribution in [1.29, 1.82) is 0 Å². The molecule has 7 heteroatoms. The minimum Gasteiger partial charge on any atom is -0.271 e. The molecule has 0 aliphatic carbocycles.